The average Bonchev–Trinajstić information content (AvgIpc) is 2.99. The molecule has 0 aromatic carbocycles. The van der Waals surface area contributed by atoms with Crippen molar-refractivity contribution in [2.24, 2.45) is 0 Å². The predicted octanol–water partition coefficient (Wildman–Crippen LogP) is 3.70. The molecule has 0 saturated heterocycles. The van der Waals surface area contributed by atoms with Crippen LogP contribution in [0.25, 0.3) is 0 Å². The van der Waals surface area contributed by atoms with Gasteiger partial charge in [0.15, 0.2) is 5.89 Å². The highest BCUT2D eigenvalue weighted by molar-refractivity contribution is 5.19. The van der Waals surface area contributed by atoms with Crippen LogP contribution >= 0.6 is 0 Å². The first-order chi connectivity index (χ1) is 9.53. The molecular weight excluding hydrogens is 269 g/mol. The molecule has 1 aliphatic rings. The standard InChI is InChI=1S/C14H13F3N2O/c15-12-7-18-4-2-9(12)5-11-8-20-13(19-11)10-1-3-14(16,17)6-10/h2,4,7-8,10H,1,3,5-6H2. The summed E-state index contributed by atoms with van der Waals surface area (Å²) < 4.78 is 45.1. The van der Waals surface area contributed by atoms with Crippen molar-refractivity contribution in [3.63, 3.8) is 0 Å². The molecule has 1 saturated carbocycles. The van der Waals surface area contributed by atoms with Crippen molar-refractivity contribution < 1.29 is 17.6 Å². The lowest BCUT2D eigenvalue weighted by atomic mass is 10.1. The van der Waals surface area contributed by atoms with E-state index in [9.17, 15) is 13.2 Å². The van der Waals surface area contributed by atoms with Crippen LogP contribution < -0.4 is 0 Å². The number of alkyl halides is 2. The minimum atomic E-state index is -2.63. The van der Waals surface area contributed by atoms with Crippen molar-refractivity contribution in [2.45, 2.75) is 37.5 Å². The Hall–Kier alpha value is -1.85. The molecule has 2 heterocycles. The second-order valence-electron chi connectivity index (χ2n) is 5.12. The van der Waals surface area contributed by atoms with Gasteiger partial charge in [0.25, 0.3) is 0 Å². The number of hydrogen-bond donors (Lipinski definition) is 0. The molecule has 106 valence electrons. The molecule has 0 spiro atoms. The predicted molar refractivity (Wildman–Crippen MR) is 65.0 cm³/mol. The fraction of sp³-hybridized carbons (Fsp3) is 0.429. The Balaban J connectivity index is 1.73. The van der Waals surface area contributed by atoms with Gasteiger partial charge in [0.2, 0.25) is 5.92 Å². The smallest absolute Gasteiger partial charge is 0.248 e. The van der Waals surface area contributed by atoms with Gasteiger partial charge in [-0.15, -0.1) is 0 Å². The van der Waals surface area contributed by atoms with Crippen LogP contribution in [0.2, 0.25) is 0 Å². The van der Waals surface area contributed by atoms with Crippen molar-refractivity contribution in [3.05, 3.63) is 47.7 Å². The Labute approximate surface area is 113 Å². The number of aromatic nitrogens is 2. The first-order valence-corrected chi connectivity index (χ1v) is 6.44. The summed E-state index contributed by atoms with van der Waals surface area (Å²) in [5, 5.41) is 0. The molecule has 1 atom stereocenters. The minimum absolute atomic E-state index is 0.131. The third kappa shape index (κ3) is 2.69. The molecule has 1 fully saturated rings. The van der Waals surface area contributed by atoms with E-state index >= 15 is 0 Å². The van der Waals surface area contributed by atoms with Gasteiger partial charge < -0.3 is 4.42 Å². The van der Waals surface area contributed by atoms with E-state index in [1.54, 1.807) is 6.07 Å². The molecule has 0 bridgehead atoms. The highest BCUT2D eigenvalue weighted by Gasteiger charge is 2.41. The van der Waals surface area contributed by atoms with E-state index < -0.39 is 11.7 Å². The number of halogens is 3. The fourth-order valence-electron chi connectivity index (χ4n) is 2.49. The number of pyridine rings is 1. The molecule has 0 radical (unpaired) electrons. The number of rotatable bonds is 3. The third-order valence-corrected chi connectivity index (χ3v) is 3.55. The highest BCUT2D eigenvalue weighted by atomic mass is 19.3. The van der Waals surface area contributed by atoms with Crippen LogP contribution in [0.5, 0.6) is 0 Å². The maximum Gasteiger partial charge on any atom is 0.248 e. The normalized spacial score (nSPS) is 21.2. The summed E-state index contributed by atoms with van der Waals surface area (Å²) in [5.41, 5.74) is 0.997. The molecule has 2 aromatic heterocycles. The van der Waals surface area contributed by atoms with E-state index in [2.05, 4.69) is 9.97 Å². The quantitative estimate of drug-likeness (QED) is 0.861. The molecule has 6 heteroatoms. The van der Waals surface area contributed by atoms with Crippen LogP contribution in [-0.4, -0.2) is 15.9 Å². The number of oxazole rings is 1. The lowest BCUT2D eigenvalue weighted by Gasteiger charge is -2.06. The monoisotopic (exact) mass is 282 g/mol. The minimum Gasteiger partial charge on any atom is -0.448 e. The Morgan fingerprint density at radius 3 is 2.95 bits per heavy atom. The van der Waals surface area contributed by atoms with Crippen LogP contribution in [0, 0.1) is 5.82 Å². The second kappa shape index (κ2) is 4.92. The lowest BCUT2D eigenvalue weighted by Crippen LogP contribution is -2.09. The molecule has 0 amide bonds. The lowest BCUT2D eigenvalue weighted by molar-refractivity contribution is 0.00704. The molecule has 2 aromatic rings. The van der Waals surface area contributed by atoms with Gasteiger partial charge >= 0.3 is 0 Å². The largest absolute Gasteiger partial charge is 0.448 e. The van der Waals surface area contributed by atoms with Crippen molar-refractivity contribution >= 4 is 0 Å². The van der Waals surface area contributed by atoms with Crippen LogP contribution in [0.4, 0.5) is 13.2 Å². The highest BCUT2D eigenvalue weighted by Crippen LogP contribution is 2.43. The molecular formula is C14H13F3N2O. The molecule has 0 aliphatic heterocycles. The van der Waals surface area contributed by atoms with Gasteiger partial charge in [-0.05, 0) is 18.1 Å². The van der Waals surface area contributed by atoms with Crippen molar-refractivity contribution in [3.8, 4) is 0 Å². The van der Waals surface area contributed by atoms with Gasteiger partial charge in [0.1, 0.15) is 12.1 Å². The SMILES string of the molecule is Fc1cnccc1Cc1coc(C2CCC(F)(F)C2)n1. The van der Waals surface area contributed by atoms with Crippen LogP contribution in [0.15, 0.2) is 29.1 Å². The van der Waals surface area contributed by atoms with E-state index in [1.165, 1.54) is 12.5 Å². The third-order valence-electron chi connectivity index (χ3n) is 3.55. The average molecular weight is 282 g/mol. The Bertz CT molecular complexity index is 612. The summed E-state index contributed by atoms with van der Waals surface area (Å²) in [7, 11) is 0. The van der Waals surface area contributed by atoms with E-state index in [0.29, 0.717) is 23.6 Å². The molecule has 0 N–H and O–H groups in total. The van der Waals surface area contributed by atoms with Gasteiger partial charge in [-0.3, -0.25) is 4.98 Å². The summed E-state index contributed by atoms with van der Waals surface area (Å²) in [6.45, 7) is 0. The van der Waals surface area contributed by atoms with E-state index in [0.717, 1.165) is 6.20 Å². The van der Waals surface area contributed by atoms with Crippen LogP contribution in [0.1, 0.15) is 42.3 Å². The summed E-state index contributed by atoms with van der Waals surface area (Å²) >= 11 is 0. The van der Waals surface area contributed by atoms with Gasteiger partial charge in [0.05, 0.1) is 11.9 Å². The maximum atomic E-state index is 13.5. The fourth-order valence-corrected chi connectivity index (χ4v) is 2.49. The Morgan fingerprint density at radius 2 is 2.25 bits per heavy atom. The zero-order chi connectivity index (χ0) is 14.2. The summed E-state index contributed by atoms with van der Waals surface area (Å²) in [4.78, 5) is 7.88. The summed E-state index contributed by atoms with van der Waals surface area (Å²) in [6.07, 6.45) is 4.32. The Morgan fingerprint density at radius 1 is 1.40 bits per heavy atom. The molecule has 3 rings (SSSR count). The summed E-state index contributed by atoms with van der Waals surface area (Å²) in [6, 6.07) is 1.56. The first kappa shape index (κ1) is 13.1. The molecule has 20 heavy (non-hydrogen) atoms. The zero-order valence-electron chi connectivity index (χ0n) is 10.7. The van der Waals surface area contributed by atoms with E-state index in [-0.39, 0.29) is 25.2 Å². The number of hydrogen-bond acceptors (Lipinski definition) is 3. The zero-order valence-corrected chi connectivity index (χ0v) is 10.7. The van der Waals surface area contributed by atoms with E-state index in [4.69, 9.17) is 4.42 Å². The van der Waals surface area contributed by atoms with Gasteiger partial charge in [-0.2, -0.15) is 0 Å². The maximum absolute atomic E-state index is 13.5. The number of nitrogens with zero attached hydrogens (tertiary/aromatic N) is 2. The van der Waals surface area contributed by atoms with Crippen LogP contribution in [0.3, 0.4) is 0 Å². The van der Waals surface area contributed by atoms with Crippen LogP contribution in [-0.2, 0) is 6.42 Å². The van der Waals surface area contributed by atoms with Gasteiger partial charge in [-0.25, -0.2) is 18.2 Å². The topological polar surface area (TPSA) is 38.9 Å². The second-order valence-corrected chi connectivity index (χ2v) is 5.12. The Kier molecular flexibility index (Phi) is 3.23. The van der Waals surface area contributed by atoms with Crippen molar-refractivity contribution in [2.75, 3.05) is 0 Å². The molecule has 1 unspecified atom stereocenters. The van der Waals surface area contributed by atoms with Crippen molar-refractivity contribution in [1.29, 1.82) is 0 Å². The van der Waals surface area contributed by atoms with E-state index in [1.807, 2.05) is 0 Å². The van der Waals surface area contributed by atoms with Gasteiger partial charge in [0, 0.05) is 31.4 Å². The molecule has 1 aliphatic carbocycles. The summed E-state index contributed by atoms with van der Waals surface area (Å²) in [5.74, 6) is -3.06. The van der Waals surface area contributed by atoms with Crippen molar-refractivity contribution in [1.82, 2.24) is 9.97 Å². The van der Waals surface area contributed by atoms with Gasteiger partial charge in [-0.1, -0.05) is 0 Å². The molecule has 3 nitrogen and oxygen atoms in total. The first-order valence-electron chi connectivity index (χ1n) is 6.44.